The quantitative estimate of drug-likeness (QED) is 0.899. The molecule has 1 heterocycles. The van der Waals surface area contributed by atoms with E-state index in [1.54, 1.807) is 19.0 Å². The van der Waals surface area contributed by atoms with E-state index in [-0.39, 0.29) is 12.1 Å². The lowest BCUT2D eigenvalue weighted by molar-refractivity contribution is 0.0983. The molecule has 22 heavy (non-hydrogen) atoms. The van der Waals surface area contributed by atoms with Crippen LogP contribution >= 0.6 is 0 Å². The fourth-order valence-corrected chi connectivity index (χ4v) is 2.87. The molecule has 5 nitrogen and oxygen atoms in total. The molecule has 1 unspecified atom stereocenters. The predicted molar refractivity (Wildman–Crippen MR) is 90.0 cm³/mol. The van der Waals surface area contributed by atoms with Crippen LogP contribution in [0.2, 0.25) is 0 Å². The molecule has 1 atom stereocenters. The average molecular weight is 304 g/mol. The van der Waals surface area contributed by atoms with Crippen LogP contribution in [0.5, 0.6) is 0 Å². The maximum absolute atomic E-state index is 11.8. The molecule has 2 amide bonds. The normalized spacial score (nSPS) is 18.0. The van der Waals surface area contributed by atoms with Gasteiger partial charge in [-0.3, -0.25) is 4.90 Å². The van der Waals surface area contributed by atoms with Gasteiger partial charge in [0.25, 0.3) is 0 Å². The zero-order chi connectivity index (χ0) is 15.9. The summed E-state index contributed by atoms with van der Waals surface area (Å²) >= 11 is 0. The predicted octanol–water partition coefficient (Wildman–Crippen LogP) is 1.64. The van der Waals surface area contributed by atoms with Crippen molar-refractivity contribution in [1.29, 1.82) is 0 Å². The second-order valence-corrected chi connectivity index (χ2v) is 5.98. The molecule has 1 saturated heterocycles. The van der Waals surface area contributed by atoms with Crippen molar-refractivity contribution in [1.82, 2.24) is 20.0 Å². The number of hydrogen-bond donors (Lipinski definition) is 1. The van der Waals surface area contributed by atoms with Gasteiger partial charge in [-0.15, -0.1) is 0 Å². The highest BCUT2D eigenvalue weighted by atomic mass is 16.2. The summed E-state index contributed by atoms with van der Waals surface area (Å²) in [5, 5.41) is 3.03. The van der Waals surface area contributed by atoms with Gasteiger partial charge < -0.3 is 15.1 Å². The van der Waals surface area contributed by atoms with Gasteiger partial charge in [-0.25, -0.2) is 4.79 Å². The Kier molecular flexibility index (Phi) is 6.21. The van der Waals surface area contributed by atoms with Crippen molar-refractivity contribution in [3.05, 3.63) is 35.9 Å². The van der Waals surface area contributed by atoms with Crippen LogP contribution in [-0.2, 0) is 0 Å². The smallest absolute Gasteiger partial charge is 0.316 e. The number of carbonyl (C=O) groups excluding carboxylic acids is 1. The second kappa shape index (κ2) is 8.15. The number of piperazine rings is 1. The van der Waals surface area contributed by atoms with Gasteiger partial charge in [-0.05, 0) is 12.1 Å². The maximum atomic E-state index is 11.8. The number of likely N-dealkylation sites (N-methyl/N-ethyl adjacent to an activating group) is 1. The lowest BCUT2D eigenvalue weighted by Gasteiger charge is -2.39. The molecule has 0 radical (unpaired) electrons. The van der Waals surface area contributed by atoms with E-state index < -0.39 is 0 Å². The highest BCUT2D eigenvalue weighted by Crippen LogP contribution is 2.21. The fraction of sp³-hybridized carbons (Fsp3) is 0.588. The Hall–Kier alpha value is -1.59. The van der Waals surface area contributed by atoms with E-state index in [0.29, 0.717) is 6.54 Å². The minimum Gasteiger partial charge on any atom is -0.336 e. The molecular weight excluding hydrogens is 276 g/mol. The van der Waals surface area contributed by atoms with E-state index in [0.717, 1.165) is 32.7 Å². The average Bonchev–Trinajstić information content (AvgIpc) is 2.56. The van der Waals surface area contributed by atoms with Gasteiger partial charge in [0, 0.05) is 46.8 Å². The first-order chi connectivity index (χ1) is 10.6. The zero-order valence-electron chi connectivity index (χ0n) is 14.0. The first-order valence-corrected chi connectivity index (χ1v) is 8.08. The van der Waals surface area contributed by atoms with Gasteiger partial charge >= 0.3 is 6.03 Å². The molecule has 1 aliphatic rings. The van der Waals surface area contributed by atoms with Crippen LogP contribution in [0.1, 0.15) is 18.5 Å². The van der Waals surface area contributed by atoms with Gasteiger partial charge in [0.05, 0.1) is 6.04 Å². The number of nitrogens with one attached hydrogen (secondary N) is 1. The van der Waals surface area contributed by atoms with Crippen molar-refractivity contribution in [3.8, 4) is 0 Å². The van der Waals surface area contributed by atoms with Gasteiger partial charge in [-0.1, -0.05) is 37.3 Å². The lowest BCUT2D eigenvalue weighted by Crippen LogP contribution is -2.50. The SMILES string of the molecule is CCN1CCN(C(CNC(=O)N(C)C)c2ccccc2)CC1. The van der Waals surface area contributed by atoms with Crippen LogP contribution in [-0.4, -0.2) is 74.1 Å². The van der Waals surface area contributed by atoms with E-state index in [1.807, 2.05) is 6.07 Å². The molecule has 2 rings (SSSR count). The van der Waals surface area contributed by atoms with Crippen LogP contribution < -0.4 is 5.32 Å². The number of amides is 2. The van der Waals surface area contributed by atoms with Crippen LogP contribution in [0, 0.1) is 0 Å². The van der Waals surface area contributed by atoms with E-state index in [9.17, 15) is 4.79 Å². The largest absolute Gasteiger partial charge is 0.336 e. The Morgan fingerprint density at radius 1 is 1.18 bits per heavy atom. The van der Waals surface area contributed by atoms with Crippen LogP contribution in [0.15, 0.2) is 30.3 Å². The zero-order valence-corrected chi connectivity index (χ0v) is 14.0. The number of urea groups is 1. The minimum atomic E-state index is -0.0341. The summed E-state index contributed by atoms with van der Waals surface area (Å²) in [5.41, 5.74) is 1.27. The van der Waals surface area contributed by atoms with Gasteiger partial charge in [-0.2, -0.15) is 0 Å². The molecule has 1 aromatic carbocycles. The van der Waals surface area contributed by atoms with Crippen LogP contribution in [0.25, 0.3) is 0 Å². The Morgan fingerprint density at radius 3 is 2.36 bits per heavy atom. The number of hydrogen-bond acceptors (Lipinski definition) is 3. The molecule has 1 N–H and O–H groups in total. The van der Waals surface area contributed by atoms with Gasteiger partial charge in [0.2, 0.25) is 0 Å². The topological polar surface area (TPSA) is 38.8 Å². The summed E-state index contributed by atoms with van der Waals surface area (Å²) in [5.74, 6) is 0. The maximum Gasteiger partial charge on any atom is 0.316 e. The number of benzene rings is 1. The molecule has 0 aromatic heterocycles. The molecule has 0 aliphatic carbocycles. The molecule has 1 aliphatic heterocycles. The van der Waals surface area contributed by atoms with Crippen molar-refractivity contribution >= 4 is 6.03 Å². The Bertz CT molecular complexity index is 455. The van der Waals surface area contributed by atoms with Crippen molar-refractivity contribution in [2.24, 2.45) is 0 Å². The molecule has 1 aromatic rings. The molecule has 5 heteroatoms. The molecule has 0 saturated carbocycles. The Morgan fingerprint density at radius 2 is 1.82 bits per heavy atom. The summed E-state index contributed by atoms with van der Waals surface area (Å²) in [6.45, 7) is 8.26. The van der Waals surface area contributed by atoms with Gasteiger partial charge in [0.1, 0.15) is 0 Å². The van der Waals surface area contributed by atoms with Crippen molar-refractivity contribution < 1.29 is 4.79 Å². The number of nitrogens with zero attached hydrogens (tertiary/aromatic N) is 3. The summed E-state index contributed by atoms with van der Waals surface area (Å²) in [6, 6.07) is 10.7. The molecule has 0 spiro atoms. The standard InChI is InChI=1S/C17H28N4O/c1-4-20-10-12-21(13-11-20)16(14-18-17(22)19(2)3)15-8-6-5-7-9-15/h5-9,16H,4,10-14H2,1-3H3,(H,18,22). The summed E-state index contributed by atoms with van der Waals surface area (Å²) in [4.78, 5) is 18.4. The number of carbonyl (C=O) groups is 1. The second-order valence-electron chi connectivity index (χ2n) is 5.98. The third-order valence-electron chi connectivity index (χ3n) is 4.33. The first kappa shape index (κ1) is 16.8. The first-order valence-electron chi connectivity index (χ1n) is 8.08. The van der Waals surface area contributed by atoms with E-state index >= 15 is 0 Å². The highest BCUT2D eigenvalue weighted by Gasteiger charge is 2.25. The molecule has 0 bridgehead atoms. The number of rotatable bonds is 5. The van der Waals surface area contributed by atoms with E-state index in [4.69, 9.17) is 0 Å². The Labute approximate surface area is 133 Å². The van der Waals surface area contributed by atoms with Crippen LogP contribution in [0.3, 0.4) is 0 Å². The summed E-state index contributed by atoms with van der Waals surface area (Å²) < 4.78 is 0. The van der Waals surface area contributed by atoms with E-state index in [2.05, 4.69) is 46.3 Å². The summed E-state index contributed by atoms with van der Waals surface area (Å²) in [6.07, 6.45) is 0. The minimum absolute atomic E-state index is 0.0341. The van der Waals surface area contributed by atoms with Crippen molar-refractivity contribution in [3.63, 3.8) is 0 Å². The van der Waals surface area contributed by atoms with Crippen LogP contribution in [0.4, 0.5) is 4.79 Å². The van der Waals surface area contributed by atoms with Crippen molar-refractivity contribution in [2.45, 2.75) is 13.0 Å². The van der Waals surface area contributed by atoms with Gasteiger partial charge in [0.15, 0.2) is 0 Å². The molecular formula is C17H28N4O. The fourth-order valence-electron chi connectivity index (χ4n) is 2.87. The third-order valence-corrected chi connectivity index (χ3v) is 4.33. The van der Waals surface area contributed by atoms with E-state index in [1.165, 1.54) is 5.56 Å². The third kappa shape index (κ3) is 4.45. The summed E-state index contributed by atoms with van der Waals surface area (Å²) in [7, 11) is 3.54. The monoisotopic (exact) mass is 304 g/mol. The molecule has 1 fully saturated rings. The Balaban J connectivity index is 2.04. The highest BCUT2D eigenvalue weighted by molar-refractivity contribution is 5.73. The molecule has 122 valence electrons. The van der Waals surface area contributed by atoms with Crippen molar-refractivity contribution in [2.75, 3.05) is 53.4 Å². The lowest BCUT2D eigenvalue weighted by atomic mass is 10.0.